The lowest BCUT2D eigenvalue weighted by Gasteiger charge is -2.33. The Morgan fingerprint density at radius 2 is 2.00 bits per heavy atom. The van der Waals surface area contributed by atoms with E-state index in [0.717, 1.165) is 31.6 Å². The first-order valence-electron chi connectivity index (χ1n) is 7.25. The molecular formula is C15H22N4O2. The van der Waals surface area contributed by atoms with Crippen molar-refractivity contribution in [3.8, 4) is 0 Å². The maximum Gasteiger partial charge on any atom is 0.251 e. The maximum atomic E-state index is 11.9. The van der Waals surface area contributed by atoms with E-state index in [1.165, 1.54) is 0 Å². The molecule has 1 aliphatic heterocycles. The smallest absolute Gasteiger partial charge is 0.251 e. The summed E-state index contributed by atoms with van der Waals surface area (Å²) < 4.78 is 0. The van der Waals surface area contributed by atoms with Crippen LogP contribution in [0.25, 0.3) is 0 Å². The fourth-order valence-corrected chi connectivity index (χ4v) is 2.63. The molecule has 1 saturated heterocycles. The zero-order chi connectivity index (χ0) is 15.4. The van der Waals surface area contributed by atoms with E-state index >= 15 is 0 Å². The summed E-state index contributed by atoms with van der Waals surface area (Å²) in [7, 11) is 0. The molecule has 6 nitrogen and oxygen atoms in total. The number of carbonyl (C=O) groups is 2. The largest absolute Gasteiger partial charge is 0.397 e. The Labute approximate surface area is 124 Å². The predicted molar refractivity (Wildman–Crippen MR) is 83.0 cm³/mol. The van der Waals surface area contributed by atoms with Gasteiger partial charge < -0.3 is 21.7 Å². The summed E-state index contributed by atoms with van der Waals surface area (Å²) in [6, 6.07) is 5.28. The Balaban J connectivity index is 2.14. The van der Waals surface area contributed by atoms with Gasteiger partial charge in [0.1, 0.15) is 0 Å². The minimum absolute atomic E-state index is 0.0611. The first-order chi connectivity index (χ1) is 10.0. The van der Waals surface area contributed by atoms with E-state index in [4.69, 9.17) is 11.5 Å². The summed E-state index contributed by atoms with van der Waals surface area (Å²) in [6.45, 7) is 3.90. The highest BCUT2D eigenvalue weighted by atomic mass is 16.2. The standard InChI is InChI=1S/C15H22N4O2/c1-2-18-15(21)11-3-4-12(16)13(9-11)19-7-5-10(6-8-19)14(17)20/h3-4,9-10H,2,5-8,16H2,1H3,(H2,17,20)(H,18,21). The van der Waals surface area contributed by atoms with E-state index in [-0.39, 0.29) is 17.7 Å². The average Bonchev–Trinajstić information content (AvgIpc) is 2.48. The monoisotopic (exact) mass is 290 g/mol. The third-order valence-corrected chi connectivity index (χ3v) is 3.87. The highest BCUT2D eigenvalue weighted by Crippen LogP contribution is 2.29. The molecule has 1 aromatic rings. The molecule has 0 bridgehead atoms. The number of hydrogen-bond acceptors (Lipinski definition) is 4. The van der Waals surface area contributed by atoms with Crippen LogP contribution in [-0.2, 0) is 4.79 Å². The van der Waals surface area contributed by atoms with E-state index < -0.39 is 0 Å². The van der Waals surface area contributed by atoms with Gasteiger partial charge in [0.25, 0.3) is 5.91 Å². The molecule has 0 saturated carbocycles. The number of anilines is 2. The van der Waals surface area contributed by atoms with Crippen LogP contribution in [0.1, 0.15) is 30.1 Å². The summed E-state index contributed by atoms with van der Waals surface area (Å²) in [5, 5.41) is 2.77. The van der Waals surface area contributed by atoms with Gasteiger partial charge in [-0.1, -0.05) is 0 Å². The molecule has 1 aliphatic rings. The molecule has 1 aromatic carbocycles. The zero-order valence-electron chi connectivity index (χ0n) is 12.3. The summed E-state index contributed by atoms with van der Waals surface area (Å²) in [4.78, 5) is 25.2. The Morgan fingerprint density at radius 3 is 2.57 bits per heavy atom. The highest BCUT2D eigenvalue weighted by Gasteiger charge is 2.24. The van der Waals surface area contributed by atoms with Gasteiger partial charge in [-0.2, -0.15) is 0 Å². The zero-order valence-corrected chi connectivity index (χ0v) is 12.3. The van der Waals surface area contributed by atoms with Gasteiger partial charge in [-0.3, -0.25) is 9.59 Å². The second-order valence-electron chi connectivity index (χ2n) is 5.30. The normalized spacial score (nSPS) is 15.8. The Hall–Kier alpha value is -2.24. The van der Waals surface area contributed by atoms with E-state index in [1.807, 2.05) is 13.0 Å². The highest BCUT2D eigenvalue weighted by molar-refractivity contribution is 5.96. The molecule has 0 spiro atoms. The molecule has 114 valence electrons. The fraction of sp³-hybridized carbons (Fsp3) is 0.467. The number of amides is 2. The number of nitrogen functional groups attached to an aromatic ring is 1. The lowest BCUT2D eigenvalue weighted by Crippen LogP contribution is -2.39. The number of nitrogens with two attached hydrogens (primary N) is 2. The van der Waals surface area contributed by atoms with Crippen molar-refractivity contribution in [2.45, 2.75) is 19.8 Å². The van der Waals surface area contributed by atoms with Gasteiger partial charge in [-0.15, -0.1) is 0 Å². The van der Waals surface area contributed by atoms with Crippen LogP contribution in [0.4, 0.5) is 11.4 Å². The topological polar surface area (TPSA) is 101 Å². The average molecular weight is 290 g/mol. The molecule has 0 aliphatic carbocycles. The third kappa shape index (κ3) is 3.45. The van der Waals surface area contributed by atoms with Gasteiger partial charge in [0.15, 0.2) is 0 Å². The van der Waals surface area contributed by atoms with Crippen molar-refractivity contribution in [2.24, 2.45) is 11.7 Å². The molecule has 1 fully saturated rings. The number of hydrogen-bond donors (Lipinski definition) is 3. The summed E-state index contributed by atoms with van der Waals surface area (Å²) >= 11 is 0. The van der Waals surface area contributed by atoms with Gasteiger partial charge in [0.2, 0.25) is 5.91 Å². The number of rotatable bonds is 4. The third-order valence-electron chi connectivity index (χ3n) is 3.87. The molecule has 6 heteroatoms. The van der Waals surface area contributed by atoms with Crippen LogP contribution >= 0.6 is 0 Å². The first kappa shape index (κ1) is 15.2. The minimum atomic E-state index is -0.237. The maximum absolute atomic E-state index is 11.9. The molecular weight excluding hydrogens is 268 g/mol. The van der Waals surface area contributed by atoms with Crippen LogP contribution in [0.15, 0.2) is 18.2 Å². The minimum Gasteiger partial charge on any atom is -0.397 e. The molecule has 1 heterocycles. The van der Waals surface area contributed by atoms with Gasteiger partial charge in [0.05, 0.1) is 11.4 Å². The van der Waals surface area contributed by atoms with Crippen LogP contribution in [0.3, 0.4) is 0 Å². The van der Waals surface area contributed by atoms with E-state index in [9.17, 15) is 9.59 Å². The molecule has 0 unspecified atom stereocenters. The van der Waals surface area contributed by atoms with Crippen LogP contribution < -0.4 is 21.7 Å². The van der Waals surface area contributed by atoms with Crippen molar-refractivity contribution in [2.75, 3.05) is 30.3 Å². The van der Waals surface area contributed by atoms with Gasteiger partial charge >= 0.3 is 0 Å². The molecule has 0 aromatic heterocycles. The van der Waals surface area contributed by atoms with Crippen LogP contribution in [0.2, 0.25) is 0 Å². The van der Waals surface area contributed by atoms with Gasteiger partial charge in [0, 0.05) is 31.1 Å². The Kier molecular flexibility index (Phi) is 4.67. The lowest BCUT2D eigenvalue weighted by atomic mass is 9.95. The van der Waals surface area contributed by atoms with E-state index in [2.05, 4.69) is 10.2 Å². The number of primary amides is 1. The number of nitrogens with zero attached hydrogens (tertiary/aromatic N) is 1. The van der Waals surface area contributed by atoms with Crippen molar-refractivity contribution in [1.82, 2.24) is 5.32 Å². The van der Waals surface area contributed by atoms with Crippen LogP contribution in [-0.4, -0.2) is 31.4 Å². The molecule has 2 amide bonds. The Morgan fingerprint density at radius 1 is 1.33 bits per heavy atom. The predicted octanol–water partition coefficient (Wildman–Crippen LogP) is 0.720. The number of benzene rings is 1. The quantitative estimate of drug-likeness (QED) is 0.711. The van der Waals surface area contributed by atoms with Gasteiger partial charge in [-0.05, 0) is 38.0 Å². The number of nitrogens with one attached hydrogen (secondary N) is 1. The van der Waals surface area contributed by atoms with Crippen LogP contribution in [0.5, 0.6) is 0 Å². The number of piperidine rings is 1. The van der Waals surface area contributed by atoms with E-state index in [0.29, 0.717) is 17.8 Å². The molecule has 5 N–H and O–H groups in total. The van der Waals surface area contributed by atoms with Crippen molar-refractivity contribution >= 4 is 23.2 Å². The second kappa shape index (κ2) is 6.47. The Bertz CT molecular complexity index is 536. The summed E-state index contributed by atoms with van der Waals surface area (Å²) in [5.41, 5.74) is 13.5. The SMILES string of the molecule is CCNC(=O)c1ccc(N)c(N2CCC(C(N)=O)CC2)c1. The molecule has 21 heavy (non-hydrogen) atoms. The molecule has 0 radical (unpaired) electrons. The van der Waals surface area contributed by atoms with E-state index in [1.54, 1.807) is 12.1 Å². The molecule has 2 rings (SSSR count). The lowest BCUT2D eigenvalue weighted by molar-refractivity contribution is -0.122. The summed E-state index contributed by atoms with van der Waals surface area (Å²) in [5.74, 6) is -0.404. The van der Waals surface area contributed by atoms with Crippen molar-refractivity contribution in [3.63, 3.8) is 0 Å². The summed E-state index contributed by atoms with van der Waals surface area (Å²) in [6.07, 6.45) is 1.44. The second-order valence-corrected chi connectivity index (χ2v) is 5.30. The molecule has 0 atom stereocenters. The van der Waals surface area contributed by atoms with Crippen molar-refractivity contribution in [1.29, 1.82) is 0 Å². The van der Waals surface area contributed by atoms with Crippen molar-refractivity contribution < 1.29 is 9.59 Å². The number of carbonyl (C=O) groups excluding carboxylic acids is 2. The fourth-order valence-electron chi connectivity index (χ4n) is 2.63. The first-order valence-corrected chi connectivity index (χ1v) is 7.25. The van der Waals surface area contributed by atoms with Crippen LogP contribution in [0, 0.1) is 5.92 Å². The van der Waals surface area contributed by atoms with Gasteiger partial charge in [-0.25, -0.2) is 0 Å². The van der Waals surface area contributed by atoms with Crippen molar-refractivity contribution in [3.05, 3.63) is 23.8 Å².